The summed E-state index contributed by atoms with van der Waals surface area (Å²) in [6, 6.07) is 2.79. The molecule has 0 bridgehead atoms. The van der Waals surface area contributed by atoms with Gasteiger partial charge in [-0.3, -0.25) is 4.90 Å². The highest BCUT2D eigenvalue weighted by Gasteiger charge is 2.32. The Morgan fingerprint density at radius 2 is 2.20 bits per heavy atom. The van der Waals surface area contributed by atoms with Crippen LogP contribution >= 0.6 is 0 Å². The zero-order chi connectivity index (χ0) is 16.8. The number of hydrogen-bond donors (Lipinski definition) is 0. The number of fused-ring (bicyclic) bond motifs is 2. The highest BCUT2D eigenvalue weighted by molar-refractivity contribution is 5.45. The van der Waals surface area contributed by atoms with Gasteiger partial charge in [0.05, 0.1) is 18.0 Å². The predicted octanol–water partition coefficient (Wildman–Crippen LogP) is 1.01. The minimum absolute atomic E-state index is 0.546. The summed E-state index contributed by atoms with van der Waals surface area (Å²) >= 11 is 0. The number of aromatic nitrogens is 4. The Hall–Kier alpha value is -1.99. The van der Waals surface area contributed by atoms with Gasteiger partial charge in [-0.05, 0) is 37.9 Å². The lowest BCUT2D eigenvalue weighted by atomic mass is 10.1. The van der Waals surface area contributed by atoms with Gasteiger partial charge in [-0.1, -0.05) is 0 Å². The average Bonchev–Trinajstić information content (AvgIpc) is 3.18. The van der Waals surface area contributed by atoms with Crippen LogP contribution < -0.4 is 4.90 Å². The molecule has 5 rings (SSSR count). The lowest BCUT2D eigenvalue weighted by Crippen LogP contribution is -2.58. The van der Waals surface area contributed by atoms with Gasteiger partial charge in [0.15, 0.2) is 5.82 Å². The fraction of sp³-hybridized carbons (Fsp3) is 0.611. The second kappa shape index (κ2) is 6.07. The van der Waals surface area contributed by atoms with Crippen LogP contribution in [0.1, 0.15) is 29.2 Å². The Kier molecular flexibility index (Phi) is 3.71. The lowest BCUT2D eigenvalue weighted by molar-refractivity contribution is 0.0816. The molecular formula is C18H24N6O. The van der Waals surface area contributed by atoms with Crippen LogP contribution in [-0.4, -0.2) is 57.4 Å². The predicted molar refractivity (Wildman–Crippen MR) is 93.4 cm³/mol. The first-order valence-electron chi connectivity index (χ1n) is 9.19. The third-order valence-corrected chi connectivity index (χ3v) is 5.64. The first-order valence-corrected chi connectivity index (χ1v) is 9.19. The largest absolute Gasteiger partial charge is 0.372 e. The van der Waals surface area contributed by atoms with Crippen LogP contribution in [0.4, 0.5) is 5.82 Å². The summed E-state index contributed by atoms with van der Waals surface area (Å²) in [5.74, 6) is 2.10. The van der Waals surface area contributed by atoms with Crippen molar-refractivity contribution >= 4 is 5.82 Å². The van der Waals surface area contributed by atoms with E-state index in [1.165, 1.54) is 17.7 Å². The maximum atomic E-state index is 5.47. The Morgan fingerprint density at radius 3 is 3.08 bits per heavy atom. The van der Waals surface area contributed by atoms with Crippen molar-refractivity contribution in [2.45, 2.75) is 45.0 Å². The fourth-order valence-corrected chi connectivity index (χ4v) is 4.00. The van der Waals surface area contributed by atoms with Gasteiger partial charge in [-0.15, -0.1) is 5.10 Å². The van der Waals surface area contributed by atoms with Crippen molar-refractivity contribution in [1.29, 1.82) is 0 Å². The minimum atomic E-state index is 0.546. The number of aryl methyl sites for hydroxylation is 2. The number of nitrogens with zero attached hydrogens (tertiary/aromatic N) is 6. The second-order valence-electron chi connectivity index (χ2n) is 7.40. The summed E-state index contributed by atoms with van der Waals surface area (Å²) in [6.45, 7) is 5.26. The fourth-order valence-electron chi connectivity index (χ4n) is 4.00. The molecule has 2 aromatic heterocycles. The molecule has 0 saturated carbocycles. The molecule has 132 valence electrons. The van der Waals surface area contributed by atoms with E-state index in [0.717, 1.165) is 63.0 Å². The van der Waals surface area contributed by atoms with E-state index in [9.17, 15) is 0 Å². The minimum Gasteiger partial charge on any atom is -0.372 e. The summed E-state index contributed by atoms with van der Waals surface area (Å²) in [5.41, 5.74) is 3.73. The van der Waals surface area contributed by atoms with E-state index in [0.29, 0.717) is 12.6 Å². The number of anilines is 1. The molecule has 1 fully saturated rings. The van der Waals surface area contributed by atoms with Crippen LogP contribution in [0, 0.1) is 0 Å². The number of imidazole rings is 1. The summed E-state index contributed by atoms with van der Waals surface area (Å²) in [5, 5.41) is 8.83. The number of ether oxygens (including phenoxy) is 1. The maximum Gasteiger partial charge on any atom is 0.151 e. The molecule has 4 heterocycles. The van der Waals surface area contributed by atoms with Gasteiger partial charge in [0.2, 0.25) is 0 Å². The molecule has 0 amide bonds. The van der Waals surface area contributed by atoms with Gasteiger partial charge in [0.1, 0.15) is 12.4 Å². The summed E-state index contributed by atoms with van der Waals surface area (Å²) in [4.78, 5) is 9.44. The lowest BCUT2D eigenvalue weighted by Gasteiger charge is -2.44. The first kappa shape index (κ1) is 15.3. The molecule has 2 aliphatic heterocycles. The van der Waals surface area contributed by atoms with Crippen molar-refractivity contribution in [3.63, 3.8) is 0 Å². The highest BCUT2D eigenvalue weighted by atomic mass is 16.5. The standard InChI is InChI=1S/C18H24N6O/c1-22(8-14-9-23-5-6-25-12-18(23)19-14)15-10-24(11-15)17-7-13-3-2-4-16(13)20-21-17/h7,9,15H,2-6,8,10-12H2,1H3. The van der Waals surface area contributed by atoms with Crippen molar-refractivity contribution in [1.82, 2.24) is 24.6 Å². The molecule has 7 heteroatoms. The molecule has 0 radical (unpaired) electrons. The Labute approximate surface area is 147 Å². The SMILES string of the molecule is CN(Cc1cn2c(n1)COCC2)C1CN(c2cc3c(nn2)CCC3)C1. The first-order chi connectivity index (χ1) is 12.3. The Balaban J connectivity index is 1.19. The van der Waals surface area contributed by atoms with E-state index in [4.69, 9.17) is 9.72 Å². The molecule has 25 heavy (non-hydrogen) atoms. The van der Waals surface area contributed by atoms with Crippen LogP contribution in [0.5, 0.6) is 0 Å². The van der Waals surface area contributed by atoms with Crippen LogP contribution in [0.2, 0.25) is 0 Å². The summed E-state index contributed by atoms with van der Waals surface area (Å²) in [6.07, 6.45) is 5.65. The van der Waals surface area contributed by atoms with Gasteiger partial charge in [0.25, 0.3) is 0 Å². The van der Waals surface area contributed by atoms with Gasteiger partial charge in [-0.25, -0.2) is 4.98 Å². The summed E-state index contributed by atoms with van der Waals surface area (Å²) < 4.78 is 7.69. The van der Waals surface area contributed by atoms with Gasteiger partial charge in [-0.2, -0.15) is 5.10 Å². The molecule has 1 saturated heterocycles. The zero-order valence-corrected chi connectivity index (χ0v) is 14.7. The molecule has 0 spiro atoms. The third kappa shape index (κ3) is 2.81. The normalized spacial score (nSPS) is 19.8. The Bertz CT molecular complexity index is 758. The van der Waals surface area contributed by atoms with Crippen molar-refractivity contribution in [3.05, 3.63) is 35.0 Å². The van der Waals surface area contributed by atoms with E-state index in [1.807, 2.05) is 0 Å². The molecule has 7 nitrogen and oxygen atoms in total. The highest BCUT2D eigenvalue weighted by Crippen LogP contribution is 2.26. The van der Waals surface area contributed by atoms with E-state index in [1.54, 1.807) is 0 Å². The monoisotopic (exact) mass is 340 g/mol. The van der Waals surface area contributed by atoms with Crippen molar-refractivity contribution in [2.24, 2.45) is 0 Å². The molecular weight excluding hydrogens is 316 g/mol. The van der Waals surface area contributed by atoms with Gasteiger partial charge >= 0.3 is 0 Å². The third-order valence-electron chi connectivity index (χ3n) is 5.64. The van der Waals surface area contributed by atoms with Crippen LogP contribution in [0.3, 0.4) is 0 Å². The van der Waals surface area contributed by atoms with Gasteiger partial charge in [0, 0.05) is 38.4 Å². The molecule has 0 aromatic carbocycles. The van der Waals surface area contributed by atoms with E-state index in [2.05, 4.69) is 43.9 Å². The Morgan fingerprint density at radius 1 is 1.28 bits per heavy atom. The molecule has 1 aliphatic carbocycles. The molecule has 3 aliphatic rings. The summed E-state index contributed by atoms with van der Waals surface area (Å²) in [7, 11) is 2.19. The quantitative estimate of drug-likeness (QED) is 0.828. The smallest absolute Gasteiger partial charge is 0.151 e. The molecule has 0 atom stereocenters. The topological polar surface area (TPSA) is 59.3 Å². The van der Waals surface area contributed by atoms with Crippen LogP contribution in [0.15, 0.2) is 12.3 Å². The molecule has 2 aromatic rings. The van der Waals surface area contributed by atoms with Crippen LogP contribution in [0.25, 0.3) is 0 Å². The molecule has 0 unspecified atom stereocenters. The van der Waals surface area contributed by atoms with E-state index in [-0.39, 0.29) is 0 Å². The van der Waals surface area contributed by atoms with Crippen molar-refractivity contribution in [2.75, 3.05) is 31.6 Å². The number of rotatable bonds is 4. The average molecular weight is 340 g/mol. The molecule has 0 N–H and O–H groups in total. The van der Waals surface area contributed by atoms with Gasteiger partial charge < -0.3 is 14.2 Å². The maximum absolute atomic E-state index is 5.47. The van der Waals surface area contributed by atoms with Crippen molar-refractivity contribution < 1.29 is 4.74 Å². The number of likely N-dealkylation sites (N-methyl/N-ethyl adjacent to an activating group) is 1. The number of hydrogen-bond acceptors (Lipinski definition) is 6. The van der Waals surface area contributed by atoms with Crippen molar-refractivity contribution in [3.8, 4) is 0 Å². The van der Waals surface area contributed by atoms with Crippen LogP contribution in [-0.2, 0) is 37.3 Å². The van der Waals surface area contributed by atoms with E-state index < -0.39 is 0 Å². The van der Waals surface area contributed by atoms with E-state index >= 15 is 0 Å². The zero-order valence-electron chi connectivity index (χ0n) is 14.7. The second-order valence-corrected chi connectivity index (χ2v) is 7.40.